The molecule has 100 valence electrons. The summed E-state index contributed by atoms with van der Waals surface area (Å²) in [5.41, 5.74) is 1.43. The molecule has 5 heteroatoms. The Morgan fingerprint density at radius 2 is 2.11 bits per heavy atom. The van der Waals surface area contributed by atoms with Gasteiger partial charge in [-0.05, 0) is 18.1 Å². The van der Waals surface area contributed by atoms with E-state index in [0.717, 1.165) is 5.56 Å². The first-order valence-electron chi connectivity index (χ1n) is 6.14. The molecule has 0 saturated heterocycles. The largest absolute Gasteiger partial charge is 0.394 e. The second kappa shape index (κ2) is 6.15. The van der Waals surface area contributed by atoms with Gasteiger partial charge >= 0.3 is 0 Å². The molecule has 1 heterocycles. The Morgan fingerprint density at radius 3 is 2.68 bits per heavy atom. The molecule has 5 nitrogen and oxygen atoms in total. The van der Waals surface area contributed by atoms with Crippen LogP contribution in [0.5, 0.6) is 0 Å². The van der Waals surface area contributed by atoms with Crippen molar-refractivity contribution in [3.63, 3.8) is 0 Å². The highest BCUT2D eigenvalue weighted by atomic mass is 16.3. The van der Waals surface area contributed by atoms with Crippen molar-refractivity contribution in [2.45, 2.75) is 12.5 Å². The fraction of sp³-hybridized carbons (Fsp3) is 0.286. The van der Waals surface area contributed by atoms with E-state index >= 15 is 0 Å². The van der Waals surface area contributed by atoms with Gasteiger partial charge in [-0.3, -0.25) is 9.48 Å². The second-order valence-corrected chi connectivity index (χ2v) is 4.42. The molecule has 1 aromatic carbocycles. The van der Waals surface area contributed by atoms with Gasteiger partial charge in [-0.2, -0.15) is 5.10 Å². The Hall–Kier alpha value is -2.14. The lowest BCUT2D eigenvalue weighted by molar-refractivity contribution is 0.0910. The Kier molecular flexibility index (Phi) is 4.30. The lowest BCUT2D eigenvalue weighted by Crippen LogP contribution is -2.39. The van der Waals surface area contributed by atoms with E-state index in [9.17, 15) is 9.90 Å². The molecule has 0 aliphatic heterocycles. The molecule has 2 rings (SSSR count). The number of benzene rings is 1. The van der Waals surface area contributed by atoms with Crippen molar-refractivity contribution in [3.05, 3.63) is 53.9 Å². The Bertz CT molecular complexity index is 537. The van der Waals surface area contributed by atoms with Crippen LogP contribution in [0.1, 0.15) is 16.1 Å². The van der Waals surface area contributed by atoms with Gasteiger partial charge in [-0.1, -0.05) is 30.3 Å². The zero-order valence-electron chi connectivity index (χ0n) is 10.8. The van der Waals surface area contributed by atoms with E-state index in [-0.39, 0.29) is 18.6 Å². The molecule has 1 atom stereocenters. The number of nitrogens with one attached hydrogen (secondary N) is 1. The molecule has 1 aromatic heterocycles. The van der Waals surface area contributed by atoms with Crippen LogP contribution in [0.3, 0.4) is 0 Å². The SMILES string of the molecule is Cn1ccc(C(=O)N[C@@H](CO)Cc2ccccc2)n1. The van der Waals surface area contributed by atoms with Crippen LogP contribution < -0.4 is 5.32 Å². The van der Waals surface area contributed by atoms with E-state index < -0.39 is 0 Å². The number of carbonyl (C=O) groups is 1. The first kappa shape index (κ1) is 13.3. The zero-order valence-corrected chi connectivity index (χ0v) is 10.8. The lowest BCUT2D eigenvalue weighted by Gasteiger charge is -2.15. The van der Waals surface area contributed by atoms with Gasteiger partial charge < -0.3 is 10.4 Å². The second-order valence-electron chi connectivity index (χ2n) is 4.42. The van der Waals surface area contributed by atoms with Crippen LogP contribution in [0.2, 0.25) is 0 Å². The molecule has 0 aliphatic carbocycles. The van der Waals surface area contributed by atoms with E-state index in [2.05, 4.69) is 10.4 Å². The summed E-state index contributed by atoms with van der Waals surface area (Å²) in [6, 6.07) is 11.1. The maximum Gasteiger partial charge on any atom is 0.272 e. The molecule has 0 saturated carbocycles. The van der Waals surface area contributed by atoms with Crippen molar-refractivity contribution >= 4 is 5.91 Å². The van der Waals surface area contributed by atoms with Crippen LogP contribution in [0.25, 0.3) is 0 Å². The predicted octanol–water partition coefficient (Wildman–Crippen LogP) is 0.753. The van der Waals surface area contributed by atoms with E-state index in [1.54, 1.807) is 24.0 Å². The first-order chi connectivity index (χ1) is 9.19. The van der Waals surface area contributed by atoms with Crippen molar-refractivity contribution in [1.29, 1.82) is 0 Å². The number of aliphatic hydroxyl groups excluding tert-OH is 1. The van der Waals surface area contributed by atoms with Gasteiger partial charge in [0.15, 0.2) is 0 Å². The van der Waals surface area contributed by atoms with E-state index in [0.29, 0.717) is 12.1 Å². The van der Waals surface area contributed by atoms with Gasteiger partial charge in [-0.25, -0.2) is 0 Å². The van der Waals surface area contributed by atoms with Gasteiger partial charge in [0, 0.05) is 13.2 Å². The molecule has 0 aliphatic rings. The number of hydrogen-bond acceptors (Lipinski definition) is 3. The summed E-state index contributed by atoms with van der Waals surface area (Å²) in [4.78, 5) is 11.9. The summed E-state index contributed by atoms with van der Waals surface area (Å²) in [7, 11) is 1.75. The predicted molar refractivity (Wildman–Crippen MR) is 71.7 cm³/mol. The third-order valence-corrected chi connectivity index (χ3v) is 2.83. The molecule has 0 unspecified atom stereocenters. The molecule has 0 spiro atoms. The van der Waals surface area contributed by atoms with Crippen LogP contribution >= 0.6 is 0 Å². The highest BCUT2D eigenvalue weighted by Gasteiger charge is 2.15. The number of aromatic nitrogens is 2. The zero-order chi connectivity index (χ0) is 13.7. The molecule has 19 heavy (non-hydrogen) atoms. The molecule has 2 N–H and O–H groups in total. The van der Waals surface area contributed by atoms with Crippen molar-refractivity contribution in [2.75, 3.05) is 6.61 Å². The van der Waals surface area contributed by atoms with Crippen molar-refractivity contribution < 1.29 is 9.90 Å². The van der Waals surface area contributed by atoms with Crippen molar-refractivity contribution in [2.24, 2.45) is 7.05 Å². The van der Waals surface area contributed by atoms with E-state index in [1.165, 1.54) is 0 Å². The minimum absolute atomic E-state index is 0.104. The maximum atomic E-state index is 11.9. The maximum absolute atomic E-state index is 11.9. The van der Waals surface area contributed by atoms with Crippen molar-refractivity contribution in [3.8, 4) is 0 Å². The highest BCUT2D eigenvalue weighted by molar-refractivity contribution is 5.92. The Morgan fingerprint density at radius 1 is 1.37 bits per heavy atom. The summed E-state index contributed by atoms with van der Waals surface area (Å²) in [5, 5.41) is 16.2. The third kappa shape index (κ3) is 3.66. The average molecular weight is 259 g/mol. The van der Waals surface area contributed by atoms with Crippen LogP contribution in [0.15, 0.2) is 42.6 Å². The van der Waals surface area contributed by atoms with Gasteiger partial charge in [0.05, 0.1) is 12.6 Å². The summed E-state index contributed by atoms with van der Waals surface area (Å²) in [6.07, 6.45) is 2.30. The van der Waals surface area contributed by atoms with Crippen LogP contribution in [0.4, 0.5) is 0 Å². The van der Waals surface area contributed by atoms with Gasteiger partial charge in [0.25, 0.3) is 5.91 Å². The van der Waals surface area contributed by atoms with Gasteiger partial charge in [0.2, 0.25) is 0 Å². The molecule has 0 bridgehead atoms. The fourth-order valence-corrected chi connectivity index (χ4v) is 1.86. The fourth-order valence-electron chi connectivity index (χ4n) is 1.86. The average Bonchev–Trinajstić information content (AvgIpc) is 2.86. The number of amides is 1. The molecule has 2 aromatic rings. The van der Waals surface area contributed by atoms with E-state index in [1.807, 2.05) is 30.3 Å². The van der Waals surface area contributed by atoms with E-state index in [4.69, 9.17) is 0 Å². The summed E-state index contributed by atoms with van der Waals surface area (Å²) < 4.78 is 1.57. The van der Waals surface area contributed by atoms with Crippen molar-refractivity contribution in [1.82, 2.24) is 15.1 Å². The first-order valence-corrected chi connectivity index (χ1v) is 6.14. The number of rotatable bonds is 5. The minimum Gasteiger partial charge on any atom is -0.394 e. The molecular formula is C14H17N3O2. The summed E-state index contributed by atoms with van der Waals surface area (Å²) >= 11 is 0. The van der Waals surface area contributed by atoms with Crippen LogP contribution in [0, 0.1) is 0 Å². The molecule has 0 fully saturated rings. The molecule has 1 amide bonds. The summed E-state index contributed by atoms with van der Waals surface area (Å²) in [5.74, 6) is -0.268. The third-order valence-electron chi connectivity index (χ3n) is 2.83. The topological polar surface area (TPSA) is 67.2 Å². The van der Waals surface area contributed by atoms with Gasteiger partial charge in [-0.15, -0.1) is 0 Å². The van der Waals surface area contributed by atoms with Crippen LogP contribution in [-0.2, 0) is 13.5 Å². The Labute approximate surface area is 111 Å². The minimum atomic E-state index is -0.308. The smallest absolute Gasteiger partial charge is 0.272 e. The van der Waals surface area contributed by atoms with Crippen LogP contribution in [-0.4, -0.2) is 33.4 Å². The number of aliphatic hydroxyl groups is 1. The number of aryl methyl sites for hydroxylation is 1. The summed E-state index contributed by atoms with van der Waals surface area (Å²) in [6.45, 7) is -0.104. The number of carbonyl (C=O) groups excluding carboxylic acids is 1. The quantitative estimate of drug-likeness (QED) is 0.832. The number of nitrogens with zero attached hydrogens (tertiary/aromatic N) is 2. The highest BCUT2D eigenvalue weighted by Crippen LogP contribution is 2.04. The Balaban J connectivity index is 1.97. The monoisotopic (exact) mass is 259 g/mol. The van der Waals surface area contributed by atoms with Gasteiger partial charge in [0.1, 0.15) is 5.69 Å². The molecule has 0 radical (unpaired) electrons. The number of hydrogen-bond donors (Lipinski definition) is 2. The normalized spacial score (nSPS) is 12.1. The lowest BCUT2D eigenvalue weighted by atomic mass is 10.1. The molecular weight excluding hydrogens is 242 g/mol. The standard InChI is InChI=1S/C14H17N3O2/c1-17-8-7-13(16-17)14(19)15-12(10-18)9-11-5-3-2-4-6-11/h2-8,12,18H,9-10H2,1H3,(H,15,19)/t12-/m1/s1.